The summed E-state index contributed by atoms with van der Waals surface area (Å²) in [5.74, 6) is -1.26. The standard InChI is InChI=1S/C27H30N2O5S/c1-5-29(6-2)35(32,33)22-17-16-19(3)24(18-22)27(31)34-20(4)26(30)28-25-15-11-10-14-23(25)21-12-8-7-9-13-21/h7-18,20H,5-6H2,1-4H3,(H,28,30). The Bertz CT molecular complexity index is 1300. The molecule has 1 amide bonds. The number of benzene rings is 3. The zero-order chi connectivity index (χ0) is 25.6. The molecule has 0 saturated heterocycles. The summed E-state index contributed by atoms with van der Waals surface area (Å²) in [5, 5.41) is 2.83. The van der Waals surface area contributed by atoms with Crippen molar-refractivity contribution in [3.8, 4) is 11.1 Å². The number of esters is 1. The third-order valence-electron chi connectivity index (χ3n) is 5.69. The topological polar surface area (TPSA) is 92.8 Å². The minimum atomic E-state index is -3.74. The number of para-hydroxylation sites is 1. The Morgan fingerprint density at radius 2 is 1.57 bits per heavy atom. The minimum absolute atomic E-state index is 0.00708. The molecule has 0 aliphatic heterocycles. The molecular formula is C27H30N2O5S. The fraction of sp³-hybridized carbons (Fsp3) is 0.259. The number of nitrogens with zero attached hydrogens (tertiary/aromatic N) is 1. The molecule has 3 aromatic carbocycles. The van der Waals surface area contributed by atoms with Crippen molar-refractivity contribution in [3.05, 3.63) is 83.9 Å². The molecular weight excluding hydrogens is 464 g/mol. The number of ether oxygens (including phenoxy) is 1. The molecule has 8 heteroatoms. The van der Waals surface area contributed by atoms with Crippen LogP contribution in [0.4, 0.5) is 5.69 Å². The van der Waals surface area contributed by atoms with E-state index in [4.69, 9.17) is 4.74 Å². The van der Waals surface area contributed by atoms with Crippen LogP contribution in [-0.2, 0) is 19.6 Å². The van der Waals surface area contributed by atoms with E-state index in [-0.39, 0.29) is 10.5 Å². The van der Waals surface area contributed by atoms with Crippen LogP contribution in [0, 0.1) is 6.92 Å². The van der Waals surface area contributed by atoms with E-state index in [2.05, 4.69) is 5.32 Å². The second-order valence-corrected chi connectivity index (χ2v) is 9.95. The van der Waals surface area contributed by atoms with Gasteiger partial charge in [0.2, 0.25) is 10.0 Å². The van der Waals surface area contributed by atoms with Gasteiger partial charge in [-0.3, -0.25) is 4.79 Å². The quantitative estimate of drug-likeness (QED) is 0.428. The second-order valence-electron chi connectivity index (χ2n) is 8.01. The van der Waals surface area contributed by atoms with Gasteiger partial charge in [-0.25, -0.2) is 13.2 Å². The number of amides is 1. The van der Waals surface area contributed by atoms with E-state index in [9.17, 15) is 18.0 Å². The third-order valence-corrected chi connectivity index (χ3v) is 7.74. The van der Waals surface area contributed by atoms with Gasteiger partial charge in [0.15, 0.2) is 6.10 Å². The predicted molar refractivity (Wildman–Crippen MR) is 137 cm³/mol. The van der Waals surface area contributed by atoms with Crippen LogP contribution < -0.4 is 5.32 Å². The lowest BCUT2D eigenvalue weighted by Gasteiger charge is -2.20. The molecule has 3 aromatic rings. The number of carbonyl (C=O) groups is 2. The van der Waals surface area contributed by atoms with Gasteiger partial charge in [-0.2, -0.15) is 4.31 Å². The number of carbonyl (C=O) groups excluding carboxylic acids is 2. The summed E-state index contributed by atoms with van der Waals surface area (Å²) >= 11 is 0. The maximum Gasteiger partial charge on any atom is 0.339 e. The second kappa shape index (κ2) is 11.3. The summed E-state index contributed by atoms with van der Waals surface area (Å²) in [7, 11) is -3.74. The summed E-state index contributed by atoms with van der Waals surface area (Å²) in [6.07, 6.45) is -1.10. The first kappa shape index (κ1) is 26.1. The molecule has 184 valence electrons. The molecule has 0 aliphatic carbocycles. The lowest BCUT2D eigenvalue weighted by molar-refractivity contribution is -0.123. The van der Waals surface area contributed by atoms with Crippen LogP contribution in [0.5, 0.6) is 0 Å². The number of aryl methyl sites for hydroxylation is 1. The van der Waals surface area contributed by atoms with Crippen LogP contribution in [0.2, 0.25) is 0 Å². The Morgan fingerprint density at radius 3 is 2.23 bits per heavy atom. The third kappa shape index (κ3) is 5.96. The van der Waals surface area contributed by atoms with E-state index < -0.39 is 28.0 Å². The molecule has 0 aromatic heterocycles. The highest BCUT2D eigenvalue weighted by molar-refractivity contribution is 7.89. The average molecular weight is 495 g/mol. The number of hydrogen-bond donors (Lipinski definition) is 1. The summed E-state index contributed by atoms with van der Waals surface area (Å²) in [4.78, 5) is 25.8. The Hall–Kier alpha value is -3.49. The van der Waals surface area contributed by atoms with E-state index in [1.807, 2.05) is 48.5 Å². The fourth-order valence-electron chi connectivity index (χ4n) is 3.67. The lowest BCUT2D eigenvalue weighted by atomic mass is 10.0. The molecule has 0 bridgehead atoms. The fourth-order valence-corrected chi connectivity index (χ4v) is 5.15. The van der Waals surface area contributed by atoms with Crippen molar-refractivity contribution in [3.63, 3.8) is 0 Å². The van der Waals surface area contributed by atoms with Crippen LogP contribution in [0.1, 0.15) is 36.7 Å². The molecule has 1 unspecified atom stereocenters. The zero-order valence-corrected chi connectivity index (χ0v) is 21.1. The van der Waals surface area contributed by atoms with E-state index in [1.54, 1.807) is 32.9 Å². The van der Waals surface area contributed by atoms with Crippen molar-refractivity contribution in [1.29, 1.82) is 0 Å². The Morgan fingerprint density at radius 1 is 0.943 bits per heavy atom. The summed E-state index contributed by atoms with van der Waals surface area (Å²) in [5.41, 5.74) is 3.02. The number of nitrogens with one attached hydrogen (secondary N) is 1. The first-order valence-electron chi connectivity index (χ1n) is 11.5. The number of anilines is 1. The molecule has 0 spiro atoms. The number of rotatable bonds is 9. The predicted octanol–water partition coefficient (Wildman–Crippen LogP) is 4.88. The largest absolute Gasteiger partial charge is 0.449 e. The van der Waals surface area contributed by atoms with Crippen molar-refractivity contribution >= 4 is 27.6 Å². The highest BCUT2D eigenvalue weighted by Gasteiger charge is 2.26. The number of sulfonamides is 1. The van der Waals surface area contributed by atoms with Crippen LogP contribution >= 0.6 is 0 Å². The van der Waals surface area contributed by atoms with Gasteiger partial charge in [-0.1, -0.05) is 68.4 Å². The molecule has 1 N–H and O–H groups in total. The molecule has 0 saturated carbocycles. The molecule has 0 radical (unpaired) electrons. The number of hydrogen-bond acceptors (Lipinski definition) is 5. The molecule has 35 heavy (non-hydrogen) atoms. The Balaban J connectivity index is 1.78. The van der Waals surface area contributed by atoms with Crippen molar-refractivity contribution in [2.75, 3.05) is 18.4 Å². The SMILES string of the molecule is CCN(CC)S(=O)(=O)c1ccc(C)c(C(=O)OC(C)C(=O)Nc2ccccc2-c2ccccc2)c1. The van der Waals surface area contributed by atoms with E-state index in [0.717, 1.165) is 11.1 Å². The van der Waals surface area contributed by atoms with E-state index in [0.29, 0.717) is 24.3 Å². The van der Waals surface area contributed by atoms with Crippen molar-refractivity contribution in [2.45, 2.75) is 38.7 Å². The first-order valence-corrected chi connectivity index (χ1v) is 12.9. The first-order chi connectivity index (χ1) is 16.7. The lowest BCUT2D eigenvalue weighted by Crippen LogP contribution is -2.31. The van der Waals surface area contributed by atoms with Crippen LogP contribution in [0.15, 0.2) is 77.7 Å². The van der Waals surface area contributed by atoms with Gasteiger partial charge >= 0.3 is 5.97 Å². The molecule has 0 heterocycles. The van der Waals surface area contributed by atoms with Gasteiger partial charge in [0.1, 0.15) is 0 Å². The van der Waals surface area contributed by atoms with Gasteiger partial charge in [-0.15, -0.1) is 0 Å². The van der Waals surface area contributed by atoms with Crippen molar-refractivity contribution in [2.24, 2.45) is 0 Å². The summed E-state index contributed by atoms with van der Waals surface area (Å²) in [6, 6.07) is 21.3. The van der Waals surface area contributed by atoms with Gasteiger partial charge in [0, 0.05) is 24.3 Å². The van der Waals surface area contributed by atoms with E-state index >= 15 is 0 Å². The van der Waals surface area contributed by atoms with Gasteiger partial charge in [0.05, 0.1) is 10.5 Å². The van der Waals surface area contributed by atoms with Crippen molar-refractivity contribution < 1.29 is 22.7 Å². The normalized spacial score (nSPS) is 12.3. The van der Waals surface area contributed by atoms with Crippen LogP contribution in [0.3, 0.4) is 0 Å². The van der Waals surface area contributed by atoms with Gasteiger partial charge < -0.3 is 10.1 Å². The Kier molecular flexibility index (Phi) is 8.43. The monoisotopic (exact) mass is 494 g/mol. The molecule has 1 atom stereocenters. The van der Waals surface area contributed by atoms with Gasteiger partial charge in [-0.05, 0) is 43.2 Å². The molecule has 3 rings (SSSR count). The molecule has 0 fully saturated rings. The van der Waals surface area contributed by atoms with Crippen molar-refractivity contribution in [1.82, 2.24) is 4.31 Å². The van der Waals surface area contributed by atoms with Crippen LogP contribution in [0.25, 0.3) is 11.1 Å². The Labute approximate surface area is 206 Å². The molecule has 0 aliphatic rings. The molecule has 7 nitrogen and oxygen atoms in total. The summed E-state index contributed by atoms with van der Waals surface area (Å²) in [6.45, 7) is 7.29. The maximum atomic E-state index is 12.9. The minimum Gasteiger partial charge on any atom is -0.449 e. The maximum absolute atomic E-state index is 12.9. The zero-order valence-electron chi connectivity index (χ0n) is 20.3. The highest BCUT2D eigenvalue weighted by Crippen LogP contribution is 2.28. The van der Waals surface area contributed by atoms with Crippen LogP contribution in [-0.4, -0.2) is 43.8 Å². The smallest absolute Gasteiger partial charge is 0.339 e. The average Bonchev–Trinajstić information content (AvgIpc) is 2.85. The van der Waals surface area contributed by atoms with E-state index in [1.165, 1.54) is 23.4 Å². The highest BCUT2D eigenvalue weighted by atomic mass is 32.2. The summed E-state index contributed by atoms with van der Waals surface area (Å²) < 4.78 is 32.5. The van der Waals surface area contributed by atoms with Gasteiger partial charge in [0.25, 0.3) is 5.91 Å².